The number of carbonyl (C=O) groups is 1. The highest BCUT2D eigenvalue weighted by molar-refractivity contribution is 6.13. The second-order valence-electron chi connectivity index (χ2n) is 5.67. The molecule has 0 bridgehead atoms. The van der Waals surface area contributed by atoms with Crippen LogP contribution >= 0.6 is 0 Å². The molecule has 2 aliphatic carbocycles. The molecule has 1 atom stereocenters. The van der Waals surface area contributed by atoms with Gasteiger partial charge in [0.1, 0.15) is 5.66 Å². The lowest BCUT2D eigenvalue weighted by atomic mass is 9.78. The predicted octanol–water partition coefficient (Wildman–Crippen LogP) is 1.52. The van der Waals surface area contributed by atoms with Gasteiger partial charge >= 0.3 is 0 Å². The van der Waals surface area contributed by atoms with Crippen molar-refractivity contribution in [2.45, 2.75) is 69.1 Å². The molecule has 1 spiro atoms. The second kappa shape index (κ2) is 3.80. The zero-order chi connectivity index (χ0) is 11.9. The first kappa shape index (κ1) is 11.2. The summed E-state index contributed by atoms with van der Waals surface area (Å²) in [6.07, 6.45) is 8.61. The van der Waals surface area contributed by atoms with Crippen molar-refractivity contribution in [3.8, 4) is 0 Å². The van der Waals surface area contributed by atoms with E-state index in [0.717, 1.165) is 50.7 Å². The molecule has 4 nitrogen and oxygen atoms in total. The summed E-state index contributed by atoms with van der Waals surface area (Å²) in [7, 11) is 0. The van der Waals surface area contributed by atoms with Crippen LogP contribution in [-0.2, 0) is 4.79 Å². The number of carbonyl (C=O) groups excluding carboxylic acids is 1. The third-order valence-corrected chi connectivity index (χ3v) is 4.43. The van der Waals surface area contributed by atoms with Crippen LogP contribution in [0.4, 0.5) is 0 Å². The van der Waals surface area contributed by atoms with E-state index in [-0.39, 0.29) is 11.6 Å². The molecular formula is C13H20N2O2. The maximum atomic E-state index is 12.2. The van der Waals surface area contributed by atoms with Crippen LogP contribution in [0, 0.1) is 0 Å². The van der Waals surface area contributed by atoms with E-state index in [1.54, 1.807) is 0 Å². The third kappa shape index (κ3) is 1.69. The van der Waals surface area contributed by atoms with Gasteiger partial charge in [-0.25, -0.2) is 0 Å². The highest BCUT2D eigenvalue weighted by Crippen LogP contribution is 2.37. The Bertz CT molecular complexity index is 372. The molecular weight excluding hydrogens is 216 g/mol. The molecule has 1 aliphatic heterocycles. The standard InChI is InChI=1S/C13H20N2O2/c16-11-13(17)9-5-2-6-10(13)14-12(15-11)7-3-1-4-8-12/h17H,1-9H2,(H,15,16). The van der Waals surface area contributed by atoms with Crippen LogP contribution in [0.2, 0.25) is 0 Å². The summed E-state index contributed by atoms with van der Waals surface area (Å²) in [6.45, 7) is 0. The number of hydrogen-bond acceptors (Lipinski definition) is 3. The Morgan fingerprint density at radius 3 is 2.53 bits per heavy atom. The molecule has 1 unspecified atom stereocenters. The fourth-order valence-electron chi connectivity index (χ4n) is 3.39. The van der Waals surface area contributed by atoms with Gasteiger partial charge in [-0.15, -0.1) is 0 Å². The Labute approximate surface area is 102 Å². The monoisotopic (exact) mass is 236 g/mol. The maximum Gasteiger partial charge on any atom is 0.259 e. The molecule has 0 aromatic heterocycles. The Hall–Kier alpha value is -0.900. The summed E-state index contributed by atoms with van der Waals surface area (Å²) >= 11 is 0. The van der Waals surface area contributed by atoms with E-state index in [2.05, 4.69) is 5.32 Å². The van der Waals surface area contributed by atoms with Crippen LogP contribution in [0.3, 0.4) is 0 Å². The van der Waals surface area contributed by atoms with Gasteiger partial charge in [-0.2, -0.15) is 0 Å². The fourth-order valence-corrected chi connectivity index (χ4v) is 3.39. The quantitative estimate of drug-likeness (QED) is 0.670. The van der Waals surface area contributed by atoms with Gasteiger partial charge in [-0.05, 0) is 51.4 Å². The molecule has 3 rings (SSSR count). The van der Waals surface area contributed by atoms with Gasteiger partial charge in [0, 0.05) is 0 Å². The summed E-state index contributed by atoms with van der Waals surface area (Å²) in [5.74, 6) is -0.205. The summed E-state index contributed by atoms with van der Waals surface area (Å²) in [6, 6.07) is 0. The first-order valence-electron chi connectivity index (χ1n) is 6.79. The van der Waals surface area contributed by atoms with Crippen LogP contribution in [0.15, 0.2) is 4.99 Å². The predicted molar refractivity (Wildman–Crippen MR) is 64.8 cm³/mol. The second-order valence-corrected chi connectivity index (χ2v) is 5.67. The molecule has 1 heterocycles. The fraction of sp³-hybridized carbons (Fsp3) is 0.846. The van der Waals surface area contributed by atoms with Crippen LogP contribution in [0.5, 0.6) is 0 Å². The van der Waals surface area contributed by atoms with E-state index in [0.29, 0.717) is 6.42 Å². The number of aliphatic imine (C=N–C) groups is 1. The minimum absolute atomic E-state index is 0.205. The van der Waals surface area contributed by atoms with Gasteiger partial charge in [0.15, 0.2) is 5.60 Å². The summed E-state index contributed by atoms with van der Waals surface area (Å²) in [5, 5.41) is 13.4. The lowest BCUT2D eigenvalue weighted by Gasteiger charge is -2.45. The Balaban J connectivity index is 1.96. The SMILES string of the molecule is O=C1NC2(CCCCC2)N=C2CCCCC12O. The number of fused-ring (bicyclic) bond motifs is 1. The van der Waals surface area contributed by atoms with Crippen molar-refractivity contribution in [2.75, 3.05) is 0 Å². The Morgan fingerprint density at radius 1 is 1.06 bits per heavy atom. The first-order chi connectivity index (χ1) is 8.15. The van der Waals surface area contributed by atoms with E-state index in [9.17, 15) is 9.90 Å². The molecule has 17 heavy (non-hydrogen) atoms. The van der Waals surface area contributed by atoms with Crippen molar-refractivity contribution in [3.05, 3.63) is 0 Å². The molecule has 1 amide bonds. The number of amides is 1. The molecule has 4 heteroatoms. The molecule has 0 aromatic carbocycles. The average molecular weight is 236 g/mol. The van der Waals surface area contributed by atoms with Crippen molar-refractivity contribution in [1.82, 2.24) is 5.32 Å². The molecule has 2 N–H and O–H groups in total. The summed E-state index contributed by atoms with van der Waals surface area (Å²) < 4.78 is 0. The van der Waals surface area contributed by atoms with Crippen LogP contribution in [0.1, 0.15) is 57.8 Å². The number of aliphatic hydroxyl groups is 1. The number of nitrogens with zero attached hydrogens (tertiary/aromatic N) is 1. The number of nitrogens with one attached hydrogen (secondary N) is 1. The topological polar surface area (TPSA) is 61.7 Å². The Kier molecular flexibility index (Phi) is 2.51. The molecule has 2 fully saturated rings. The lowest BCUT2D eigenvalue weighted by Crippen LogP contribution is -2.65. The van der Waals surface area contributed by atoms with E-state index >= 15 is 0 Å². The highest BCUT2D eigenvalue weighted by atomic mass is 16.3. The van der Waals surface area contributed by atoms with Crippen molar-refractivity contribution in [3.63, 3.8) is 0 Å². The number of rotatable bonds is 0. The van der Waals surface area contributed by atoms with Gasteiger partial charge < -0.3 is 10.4 Å². The van der Waals surface area contributed by atoms with E-state index in [4.69, 9.17) is 4.99 Å². The lowest BCUT2D eigenvalue weighted by molar-refractivity contribution is -0.138. The molecule has 0 radical (unpaired) electrons. The van der Waals surface area contributed by atoms with Crippen LogP contribution < -0.4 is 5.32 Å². The smallest absolute Gasteiger partial charge is 0.259 e. The summed E-state index contributed by atoms with van der Waals surface area (Å²) in [4.78, 5) is 16.9. The molecule has 0 saturated heterocycles. The van der Waals surface area contributed by atoms with Crippen molar-refractivity contribution in [2.24, 2.45) is 4.99 Å². The van der Waals surface area contributed by atoms with E-state index in [1.807, 2.05) is 0 Å². The molecule has 0 aromatic rings. The third-order valence-electron chi connectivity index (χ3n) is 4.43. The number of hydrogen-bond donors (Lipinski definition) is 2. The summed E-state index contributed by atoms with van der Waals surface area (Å²) in [5.41, 5.74) is -0.927. The normalized spacial score (nSPS) is 36.1. The minimum Gasteiger partial charge on any atom is -0.374 e. The van der Waals surface area contributed by atoms with Crippen molar-refractivity contribution >= 4 is 11.6 Å². The van der Waals surface area contributed by atoms with Gasteiger partial charge in [0.05, 0.1) is 5.71 Å². The van der Waals surface area contributed by atoms with E-state index < -0.39 is 5.60 Å². The molecule has 94 valence electrons. The molecule has 3 aliphatic rings. The highest BCUT2D eigenvalue weighted by Gasteiger charge is 2.50. The maximum absolute atomic E-state index is 12.2. The largest absolute Gasteiger partial charge is 0.374 e. The van der Waals surface area contributed by atoms with E-state index in [1.165, 1.54) is 6.42 Å². The first-order valence-corrected chi connectivity index (χ1v) is 6.79. The minimum atomic E-state index is -1.29. The Morgan fingerprint density at radius 2 is 1.76 bits per heavy atom. The van der Waals surface area contributed by atoms with Crippen LogP contribution in [-0.4, -0.2) is 28.0 Å². The average Bonchev–Trinajstić information content (AvgIpc) is 2.32. The van der Waals surface area contributed by atoms with Gasteiger partial charge in [0.25, 0.3) is 5.91 Å². The van der Waals surface area contributed by atoms with Crippen molar-refractivity contribution < 1.29 is 9.90 Å². The zero-order valence-corrected chi connectivity index (χ0v) is 10.2. The van der Waals surface area contributed by atoms with Gasteiger partial charge in [-0.3, -0.25) is 9.79 Å². The van der Waals surface area contributed by atoms with Gasteiger partial charge in [0.2, 0.25) is 0 Å². The van der Waals surface area contributed by atoms with Gasteiger partial charge in [-0.1, -0.05) is 6.42 Å². The van der Waals surface area contributed by atoms with Crippen molar-refractivity contribution in [1.29, 1.82) is 0 Å². The molecule has 2 saturated carbocycles. The zero-order valence-electron chi connectivity index (χ0n) is 10.2. The van der Waals surface area contributed by atoms with Crippen LogP contribution in [0.25, 0.3) is 0 Å².